The molecule has 1 nitrogen and oxygen atoms in total. The van der Waals surface area contributed by atoms with Crippen molar-refractivity contribution in [1.29, 1.82) is 0 Å². The largest absolute Gasteiger partial charge is 0.328 e. The molecule has 1 aromatic carbocycles. The summed E-state index contributed by atoms with van der Waals surface area (Å²) < 4.78 is 0. The molecule has 0 bridgehead atoms. The Balaban J connectivity index is 2.93. The molecule has 11 heavy (non-hydrogen) atoms. The van der Waals surface area contributed by atoms with Crippen LogP contribution in [0.5, 0.6) is 0 Å². The molecule has 0 amide bonds. The number of benzene rings is 1. The van der Waals surface area contributed by atoms with E-state index in [1.807, 2.05) is 37.3 Å². The molecule has 0 radical (unpaired) electrons. The summed E-state index contributed by atoms with van der Waals surface area (Å²) in [6.45, 7) is 2.38. The molecule has 2 heteroatoms. The van der Waals surface area contributed by atoms with E-state index in [4.69, 9.17) is 17.3 Å². The molecule has 0 aliphatic heterocycles. The van der Waals surface area contributed by atoms with E-state index < -0.39 is 4.87 Å². The Morgan fingerprint density at radius 3 is 2.36 bits per heavy atom. The van der Waals surface area contributed by atoms with Crippen LogP contribution in [0.15, 0.2) is 30.3 Å². The molecule has 60 valence electrons. The third-order valence-corrected chi connectivity index (χ3v) is 2.13. The summed E-state index contributed by atoms with van der Waals surface area (Å²) >= 11 is 6.12. The van der Waals surface area contributed by atoms with E-state index in [-0.39, 0.29) is 0 Å². The molecule has 1 aromatic rings. The van der Waals surface area contributed by atoms with Gasteiger partial charge >= 0.3 is 0 Å². The third kappa shape index (κ3) is 1.95. The standard InChI is InChI=1S/C9H12ClN/c1-9(10,7-11)8-5-3-2-4-6-8/h2-6H,7,11H2,1H3. The molecule has 1 unspecified atom stereocenters. The predicted octanol–water partition coefficient (Wildman–Crippen LogP) is 2.10. The highest BCUT2D eigenvalue weighted by atomic mass is 35.5. The molecule has 0 spiro atoms. The number of hydrogen-bond donors (Lipinski definition) is 1. The monoisotopic (exact) mass is 169 g/mol. The normalized spacial score (nSPS) is 15.9. The van der Waals surface area contributed by atoms with Crippen molar-refractivity contribution in [3.63, 3.8) is 0 Å². The molecule has 0 saturated heterocycles. The van der Waals surface area contributed by atoms with E-state index in [0.29, 0.717) is 6.54 Å². The lowest BCUT2D eigenvalue weighted by atomic mass is 10.0. The van der Waals surface area contributed by atoms with Crippen molar-refractivity contribution in [3.05, 3.63) is 35.9 Å². The molecule has 0 aliphatic carbocycles. The minimum absolute atomic E-state index is 0.415. The minimum Gasteiger partial charge on any atom is -0.328 e. The van der Waals surface area contributed by atoms with Gasteiger partial charge in [-0.2, -0.15) is 0 Å². The van der Waals surface area contributed by atoms with E-state index in [0.717, 1.165) is 5.56 Å². The van der Waals surface area contributed by atoms with Crippen LogP contribution >= 0.6 is 11.6 Å². The Bertz CT molecular complexity index is 218. The first kappa shape index (κ1) is 8.57. The van der Waals surface area contributed by atoms with Crippen molar-refractivity contribution in [2.75, 3.05) is 6.54 Å². The average molecular weight is 170 g/mol. The Morgan fingerprint density at radius 1 is 1.36 bits per heavy atom. The van der Waals surface area contributed by atoms with Gasteiger partial charge in [-0.15, -0.1) is 11.6 Å². The zero-order chi connectivity index (χ0) is 8.32. The van der Waals surface area contributed by atoms with Crippen molar-refractivity contribution in [2.24, 2.45) is 5.73 Å². The molecule has 1 rings (SSSR count). The van der Waals surface area contributed by atoms with E-state index in [1.165, 1.54) is 0 Å². The highest BCUT2D eigenvalue weighted by Crippen LogP contribution is 2.26. The van der Waals surface area contributed by atoms with Crippen LogP contribution in [-0.2, 0) is 4.87 Å². The van der Waals surface area contributed by atoms with E-state index in [2.05, 4.69) is 0 Å². The Hall–Kier alpha value is -0.530. The summed E-state index contributed by atoms with van der Waals surface area (Å²) in [4.78, 5) is -0.415. The summed E-state index contributed by atoms with van der Waals surface area (Å²) in [5.74, 6) is 0. The fourth-order valence-electron chi connectivity index (χ4n) is 0.904. The van der Waals surface area contributed by atoms with Crippen LogP contribution in [0.25, 0.3) is 0 Å². The second kappa shape index (κ2) is 3.24. The lowest BCUT2D eigenvalue weighted by molar-refractivity contribution is 0.689. The molecule has 0 fully saturated rings. The minimum atomic E-state index is -0.415. The smallest absolute Gasteiger partial charge is 0.0788 e. The fourth-order valence-corrected chi connectivity index (χ4v) is 1.03. The number of rotatable bonds is 2. The summed E-state index contributed by atoms with van der Waals surface area (Å²) in [5, 5.41) is 0. The average Bonchev–Trinajstić information content (AvgIpc) is 2.06. The van der Waals surface area contributed by atoms with Crippen LogP contribution in [0, 0.1) is 0 Å². The van der Waals surface area contributed by atoms with Crippen LogP contribution in [0.1, 0.15) is 12.5 Å². The van der Waals surface area contributed by atoms with Crippen molar-refractivity contribution >= 4 is 11.6 Å². The first-order valence-corrected chi connectivity index (χ1v) is 3.99. The van der Waals surface area contributed by atoms with Crippen LogP contribution in [-0.4, -0.2) is 6.54 Å². The topological polar surface area (TPSA) is 26.0 Å². The maximum absolute atomic E-state index is 6.12. The van der Waals surface area contributed by atoms with Gasteiger partial charge in [0.1, 0.15) is 0 Å². The molecular formula is C9H12ClN. The molecule has 0 aromatic heterocycles. The zero-order valence-corrected chi connectivity index (χ0v) is 7.31. The van der Waals surface area contributed by atoms with Crippen molar-refractivity contribution < 1.29 is 0 Å². The van der Waals surface area contributed by atoms with Crippen molar-refractivity contribution in [2.45, 2.75) is 11.8 Å². The number of nitrogens with two attached hydrogens (primary N) is 1. The maximum atomic E-state index is 6.12. The lowest BCUT2D eigenvalue weighted by Crippen LogP contribution is -2.25. The van der Waals surface area contributed by atoms with Gasteiger partial charge in [-0.25, -0.2) is 0 Å². The summed E-state index contributed by atoms with van der Waals surface area (Å²) in [5.41, 5.74) is 6.58. The highest BCUT2D eigenvalue weighted by molar-refractivity contribution is 6.23. The summed E-state index contributed by atoms with van der Waals surface area (Å²) in [6.07, 6.45) is 0. The Labute approximate surface area is 72.2 Å². The van der Waals surface area contributed by atoms with E-state index >= 15 is 0 Å². The second-order valence-corrected chi connectivity index (χ2v) is 3.60. The molecule has 0 heterocycles. The van der Waals surface area contributed by atoms with Crippen LogP contribution in [0.2, 0.25) is 0 Å². The Morgan fingerprint density at radius 2 is 1.91 bits per heavy atom. The molecule has 0 saturated carbocycles. The highest BCUT2D eigenvalue weighted by Gasteiger charge is 2.20. The SMILES string of the molecule is CC(Cl)(CN)c1ccccc1. The molecule has 0 aliphatic rings. The third-order valence-electron chi connectivity index (χ3n) is 1.76. The molecule has 2 N–H and O–H groups in total. The molecule has 1 atom stereocenters. The van der Waals surface area contributed by atoms with Crippen molar-refractivity contribution in [1.82, 2.24) is 0 Å². The lowest BCUT2D eigenvalue weighted by Gasteiger charge is -2.19. The van der Waals surface area contributed by atoms with Crippen LogP contribution < -0.4 is 5.73 Å². The second-order valence-electron chi connectivity index (χ2n) is 2.77. The van der Waals surface area contributed by atoms with Gasteiger partial charge in [-0.3, -0.25) is 0 Å². The van der Waals surface area contributed by atoms with E-state index in [9.17, 15) is 0 Å². The summed E-state index contributed by atoms with van der Waals surface area (Å²) in [7, 11) is 0. The quantitative estimate of drug-likeness (QED) is 0.675. The van der Waals surface area contributed by atoms with Crippen molar-refractivity contribution in [3.8, 4) is 0 Å². The zero-order valence-electron chi connectivity index (χ0n) is 6.55. The van der Waals surface area contributed by atoms with Gasteiger partial charge in [0, 0.05) is 6.54 Å². The first-order valence-electron chi connectivity index (χ1n) is 3.61. The van der Waals surface area contributed by atoms with Gasteiger partial charge in [0.05, 0.1) is 4.87 Å². The first-order chi connectivity index (χ1) is 5.17. The fraction of sp³-hybridized carbons (Fsp3) is 0.333. The van der Waals surface area contributed by atoms with Crippen LogP contribution in [0.4, 0.5) is 0 Å². The maximum Gasteiger partial charge on any atom is 0.0788 e. The van der Waals surface area contributed by atoms with Gasteiger partial charge in [0.25, 0.3) is 0 Å². The van der Waals surface area contributed by atoms with Gasteiger partial charge in [-0.05, 0) is 12.5 Å². The predicted molar refractivity (Wildman–Crippen MR) is 48.7 cm³/mol. The summed E-state index contributed by atoms with van der Waals surface area (Å²) in [6, 6.07) is 9.87. The van der Waals surface area contributed by atoms with Gasteiger partial charge in [-0.1, -0.05) is 30.3 Å². The van der Waals surface area contributed by atoms with Gasteiger partial charge < -0.3 is 5.73 Å². The Kier molecular flexibility index (Phi) is 2.53. The number of hydrogen-bond acceptors (Lipinski definition) is 1. The van der Waals surface area contributed by atoms with E-state index in [1.54, 1.807) is 0 Å². The van der Waals surface area contributed by atoms with Gasteiger partial charge in [0.15, 0.2) is 0 Å². The number of alkyl halides is 1. The number of halogens is 1. The molecular weight excluding hydrogens is 158 g/mol. The van der Waals surface area contributed by atoms with Crippen LogP contribution in [0.3, 0.4) is 0 Å². The van der Waals surface area contributed by atoms with Gasteiger partial charge in [0.2, 0.25) is 0 Å².